The number of anilines is 1. The van der Waals surface area contributed by atoms with Crippen molar-refractivity contribution >= 4 is 21.7 Å². The molecule has 6 nitrogen and oxygen atoms in total. The Morgan fingerprint density at radius 3 is 2.95 bits per heavy atom. The number of halogens is 1. The third-order valence-electron chi connectivity index (χ3n) is 3.38. The topological polar surface area (TPSA) is 56.0 Å². The van der Waals surface area contributed by atoms with Gasteiger partial charge in [-0.3, -0.25) is 9.48 Å². The molecule has 0 saturated carbocycles. The van der Waals surface area contributed by atoms with Gasteiger partial charge in [0.15, 0.2) is 0 Å². The Morgan fingerprint density at radius 1 is 1.42 bits per heavy atom. The van der Waals surface area contributed by atoms with Gasteiger partial charge >= 0.3 is 0 Å². The van der Waals surface area contributed by atoms with E-state index in [1.807, 2.05) is 10.9 Å². The van der Waals surface area contributed by atoms with Crippen molar-refractivity contribution in [2.75, 3.05) is 18.0 Å². The first-order valence-electron chi connectivity index (χ1n) is 6.12. The largest absolute Gasteiger partial charge is 0.353 e. The fourth-order valence-corrected chi connectivity index (χ4v) is 2.64. The van der Waals surface area contributed by atoms with Crippen molar-refractivity contribution in [3.63, 3.8) is 0 Å². The van der Waals surface area contributed by atoms with Crippen LogP contribution in [0.15, 0.2) is 33.8 Å². The summed E-state index contributed by atoms with van der Waals surface area (Å²) in [6.07, 6.45) is 4.81. The molecule has 2 aromatic rings. The van der Waals surface area contributed by atoms with Gasteiger partial charge in [-0.15, -0.1) is 0 Å². The number of aryl methyl sites for hydroxylation is 1. The Hall–Kier alpha value is -1.63. The Bertz CT molecular complexity index is 650. The summed E-state index contributed by atoms with van der Waals surface area (Å²) in [4.78, 5) is 13.5. The molecule has 0 amide bonds. The molecule has 7 heteroatoms. The molecule has 1 aliphatic heterocycles. The average Bonchev–Trinajstić information content (AvgIpc) is 3.01. The maximum atomic E-state index is 11.3. The van der Waals surface area contributed by atoms with Crippen molar-refractivity contribution < 1.29 is 0 Å². The molecular weight excluding hydrogens is 310 g/mol. The summed E-state index contributed by atoms with van der Waals surface area (Å²) in [7, 11) is 1.67. The molecule has 3 heterocycles. The molecule has 19 heavy (non-hydrogen) atoms. The van der Waals surface area contributed by atoms with Crippen LogP contribution >= 0.6 is 15.9 Å². The van der Waals surface area contributed by atoms with Crippen LogP contribution in [0, 0.1) is 0 Å². The van der Waals surface area contributed by atoms with Crippen LogP contribution in [-0.2, 0) is 7.05 Å². The van der Waals surface area contributed by atoms with Crippen molar-refractivity contribution in [2.24, 2.45) is 7.05 Å². The van der Waals surface area contributed by atoms with Gasteiger partial charge in [0.05, 0.1) is 16.7 Å². The van der Waals surface area contributed by atoms with Gasteiger partial charge < -0.3 is 4.90 Å². The van der Waals surface area contributed by atoms with Gasteiger partial charge in [0.25, 0.3) is 5.56 Å². The summed E-state index contributed by atoms with van der Waals surface area (Å²) in [5, 5.41) is 8.60. The monoisotopic (exact) mass is 323 g/mol. The lowest BCUT2D eigenvalue weighted by Gasteiger charge is -2.17. The van der Waals surface area contributed by atoms with Crippen LogP contribution in [0.5, 0.6) is 0 Å². The number of hydrogen-bond donors (Lipinski definition) is 0. The van der Waals surface area contributed by atoms with Crippen LogP contribution in [0.2, 0.25) is 0 Å². The fourth-order valence-electron chi connectivity index (χ4n) is 2.34. The van der Waals surface area contributed by atoms with Gasteiger partial charge in [0.1, 0.15) is 5.82 Å². The molecule has 0 aromatic carbocycles. The van der Waals surface area contributed by atoms with Gasteiger partial charge in [0.2, 0.25) is 0 Å². The predicted molar refractivity (Wildman–Crippen MR) is 75.3 cm³/mol. The SMILES string of the molecule is Cn1nc(N2CCC(n3cc(Br)cn3)C2)ccc1=O. The van der Waals surface area contributed by atoms with Crippen molar-refractivity contribution in [1.29, 1.82) is 0 Å². The van der Waals surface area contributed by atoms with Gasteiger partial charge in [-0.2, -0.15) is 10.2 Å². The van der Waals surface area contributed by atoms with Gasteiger partial charge in [-0.1, -0.05) is 0 Å². The first-order chi connectivity index (χ1) is 9.13. The van der Waals surface area contributed by atoms with Crippen LogP contribution in [0.1, 0.15) is 12.5 Å². The van der Waals surface area contributed by atoms with E-state index in [-0.39, 0.29) is 5.56 Å². The molecule has 0 aliphatic carbocycles. The first kappa shape index (κ1) is 12.4. The lowest BCUT2D eigenvalue weighted by molar-refractivity contribution is 0.494. The number of hydrogen-bond acceptors (Lipinski definition) is 4. The summed E-state index contributed by atoms with van der Waals surface area (Å²) < 4.78 is 4.34. The zero-order chi connectivity index (χ0) is 13.4. The zero-order valence-corrected chi connectivity index (χ0v) is 12.1. The van der Waals surface area contributed by atoms with E-state index in [0.29, 0.717) is 6.04 Å². The molecule has 1 aliphatic rings. The number of rotatable bonds is 2. The molecule has 0 spiro atoms. The third-order valence-corrected chi connectivity index (χ3v) is 3.79. The van der Waals surface area contributed by atoms with E-state index < -0.39 is 0 Å². The second kappa shape index (κ2) is 4.80. The molecule has 1 fully saturated rings. The molecule has 1 unspecified atom stereocenters. The highest BCUT2D eigenvalue weighted by molar-refractivity contribution is 9.10. The first-order valence-corrected chi connectivity index (χ1v) is 6.92. The van der Waals surface area contributed by atoms with Crippen LogP contribution in [-0.4, -0.2) is 32.7 Å². The number of nitrogens with zero attached hydrogens (tertiary/aromatic N) is 5. The average molecular weight is 324 g/mol. The maximum Gasteiger partial charge on any atom is 0.266 e. The van der Waals surface area contributed by atoms with Crippen LogP contribution in [0.4, 0.5) is 5.82 Å². The molecule has 1 saturated heterocycles. The lowest BCUT2D eigenvalue weighted by atomic mass is 10.3. The molecule has 2 aromatic heterocycles. The summed E-state index contributed by atoms with van der Waals surface area (Å²) in [6, 6.07) is 3.69. The van der Waals surface area contributed by atoms with E-state index in [2.05, 4.69) is 31.0 Å². The minimum absolute atomic E-state index is 0.0875. The smallest absolute Gasteiger partial charge is 0.266 e. The predicted octanol–water partition coefficient (Wildman–Crippen LogP) is 1.19. The van der Waals surface area contributed by atoms with E-state index in [1.165, 1.54) is 4.68 Å². The van der Waals surface area contributed by atoms with E-state index in [4.69, 9.17) is 0 Å². The highest BCUT2D eigenvalue weighted by Gasteiger charge is 2.25. The van der Waals surface area contributed by atoms with Crippen molar-refractivity contribution in [3.05, 3.63) is 39.4 Å². The van der Waals surface area contributed by atoms with E-state index in [1.54, 1.807) is 25.4 Å². The highest BCUT2D eigenvalue weighted by atomic mass is 79.9. The van der Waals surface area contributed by atoms with Gasteiger partial charge in [-0.05, 0) is 28.4 Å². The van der Waals surface area contributed by atoms with E-state index in [0.717, 1.165) is 29.8 Å². The minimum atomic E-state index is -0.0875. The van der Waals surface area contributed by atoms with E-state index >= 15 is 0 Å². The fraction of sp³-hybridized carbons (Fsp3) is 0.417. The lowest BCUT2D eigenvalue weighted by Crippen LogP contribution is -2.26. The van der Waals surface area contributed by atoms with Crippen molar-refractivity contribution in [3.8, 4) is 0 Å². The summed E-state index contributed by atoms with van der Waals surface area (Å²) in [6.45, 7) is 1.78. The van der Waals surface area contributed by atoms with Crippen LogP contribution < -0.4 is 10.5 Å². The highest BCUT2D eigenvalue weighted by Crippen LogP contribution is 2.25. The number of aromatic nitrogens is 4. The second-order valence-electron chi connectivity index (χ2n) is 4.68. The Kier molecular flexibility index (Phi) is 3.14. The Labute approximate surface area is 118 Å². The maximum absolute atomic E-state index is 11.3. The van der Waals surface area contributed by atoms with Gasteiger partial charge in [-0.25, -0.2) is 4.68 Å². The Balaban J connectivity index is 1.78. The van der Waals surface area contributed by atoms with Crippen LogP contribution in [0.3, 0.4) is 0 Å². The summed E-state index contributed by atoms with van der Waals surface area (Å²) in [5.74, 6) is 0.843. The molecule has 0 N–H and O–H groups in total. The quantitative estimate of drug-likeness (QED) is 0.833. The Morgan fingerprint density at radius 2 is 2.26 bits per heavy atom. The van der Waals surface area contributed by atoms with Crippen LogP contribution in [0.25, 0.3) is 0 Å². The second-order valence-corrected chi connectivity index (χ2v) is 5.60. The zero-order valence-electron chi connectivity index (χ0n) is 10.5. The standard InChI is InChI=1S/C12H14BrN5O/c1-16-12(19)3-2-11(15-16)17-5-4-10(8-17)18-7-9(13)6-14-18/h2-3,6-7,10H,4-5,8H2,1H3. The molecular formula is C12H14BrN5O. The molecule has 3 rings (SSSR count). The van der Waals surface area contributed by atoms with Gasteiger partial charge in [0, 0.05) is 32.4 Å². The molecule has 100 valence electrons. The molecule has 0 radical (unpaired) electrons. The van der Waals surface area contributed by atoms with Crippen molar-refractivity contribution in [1.82, 2.24) is 19.6 Å². The normalized spacial score (nSPS) is 19.1. The molecule has 0 bridgehead atoms. The molecule has 1 atom stereocenters. The van der Waals surface area contributed by atoms with Crippen molar-refractivity contribution in [2.45, 2.75) is 12.5 Å². The minimum Gasteiger partial charge on any atom is -0.353 e. The van der Waals surface area contributed by atoms with E-state index in [9.17, 15) is 4.79 Å². The summed E-state index contributed by atoms with van der Waals surface area (Å²) >= 11 is 3.41. The third kappa shape index (κ3) is 2.42. The summed E-state index contributed by atoms with van der Waals surface area (Å²) in [5.41, 5.74) is -0.0875.